The van der Waals surface area contributed by atoms with Gasteiger partial charge >= 0.3 is 0 Å². The first kappa shape index (κ1) is 21.2. The molecule has 0 aromatic carbocycles. The first-order valence-electron chi connectivity index (χ1n) is 9.65. The van der Waals surface area contributed by atoms with Gasteiger partial charge in [0.25, 0.3) is 0 Å². The summed E-state index contributed by atoms with van der Waals surface area (Å²) >= 11 is 0. The van der Waals surface area contributed by atoms with E-state index in [9.17, 15) is 4.79 Å². The zero-order valence-corrected chi connectivity index (χ0v) is 16.1. The Labute approximate surface area is 148 Å². The molecule has 1 fully saturated rings. The molecule has 24 heavy (non-hydrogen) atoms. The Balaban J connectivity index is 2.63. The van der Waals surface area contributed by atoms with Gasteiger partial charge in [-0.25, -0.2) is 0 Å². The number of rotatable bonds is 10. The number of nitrogens with two attached hydrogens (primary N) is 1. The van der Waals surface area contributed by atoms with Crippen LogP contribution < -0.4 is 11.1 Å². The van der Waals surface area contributed by atoms with Gasteiger partial charge in [0.15, 0.2) is 0 Å². The Morgan fingerprint density at radius 3 is 2.62 bits per heavy atom. The van der Waals surface area contributed by atoms with Crippen molar-refractivity contribution in [3.05, 3.63) is 12.2 Å². The third kappa shape index (κ3) is 6.56. The van der Waals surface area contributed by atoms with Gasteiger partial charge in [-0.1, -0.05) is 58.6 Å². The molecule has 0 aromatic heterocycles. The molecule has 4 heteroatoms. The number of amides is 1. The monoisotopic (exact) mass is 338 g/mol. The Hall–Kier alpha value is -0.870. The minimum Gasteiger partial charge on any atom is -0.379 e. The highest BCUT2D eigenvalue weighted by Crippen LogP contribution is 2.40. The van der Waals surface area contributed by atoms with Crippen LogP contribution in [0.15, 0.2) is 12.2 Å². The van der Waals surface area contributed by atoms with Crippen molar-refractivity contribution < 1.29 is 9.53 Å². The standard InChI is InChI=1S/C20H38N2O2/c1-5-6-7-8-9-10-11-12-16-13-14-20(2,3)19(24-4)18(16)22-17(23)15-21/h11-12,16,18-19H,5-10,13-15,21H2,1-4H3,(H,22,23)/b12-11+/t16-,18+,19-/m1/s1. The van der Waals surface area contributed by atoms with Crippen LogP contribution in [0.25, 0.3) is 0 Å². The number of hydrogen-bond acceptors (Lipinski definition) is 3. The fourth-order valence-electron chi connectivity index (χ4n) is 3.82. The van der Waals surface area contributed by atoms with Crippen molar-refractivity contribution in [1.82, 2.24) is 5.32 Å². The lowest BCUT2D eigenvalue weighted by molar-refractivity contribution is -0.125. The van der Waals surface area contributed by atoms with Crippen LogP contribution in [0.1, 0.15) is 72.1 Å². The fourth-order valence-corrected chi connectivity index (χ4v) is 3.82. The van der Waals surface area contributed by atoms with Gasteiger partial charge in [0.2, 0.25) is 5.91 Å². The fraction of sp³-hybridized carbons (Fsp3) is 0.850. The second-order valence-corrected chi connectivity index (χ2v) is 7.78. The predicted octanol–water partition coefficient (Wildman–Crippen LogP) is 3.80. The molecule has 0 spiro atoms. The molecule has 3 atom stereocenters. The lowest BCUT2D eigenvalue weighted by Gasteiger charge is -2.46. The second kappa shape index (κ2) is 10.9. The van der Waals surface area contributed by atoms with E-state index < -0.39 is 0 Å². The van der Waals surface area contributed by atoms with E-state index in [4.69, 9.17) is 10.5 Å². The van der Waals surface area contributed by atoms with Gasteiger partial charge in [0.1, 0.15) is 0 Å². The van der Waals surface area contributed by atoms with Crippen LogP contribution in [0.2, 0.25) is 0 Å². The van der Waals surface area contributed by atoms with Crippen LogP contribution in [0.5, 0.6) is 0 Å². The summed E-state index contributed by atoms with van der Waals surface area (Å²) in [6.07, 6.45) is 14.4. The summed E-state index contributed by atoms with van der Waals surface area (Å²) in [5.74, 6) is 0.229. The number of hydrogen-bond donors (Lipinski definition) is 2. The smallest absolute Gasteiger partial charge is 0.234 e. The Kier molecular flexibility index (Phi) is 9.60. The Bertz CT molecular complexity index is 393. The van der Waals surface area contributed by atoms with Crippen LogP contribution in [-0.2, 0) is 9.53 Å². The quantitative estimate of drug-likeness (QED) is 0.470. The number of nitrogens with one attached hydrogen (secondary N) is 1. The minimum atomic E-state index is -0.0993. The van der Waals surface area contributed by atoms with Crippen LogP contribution in [-0.4, -0.2) is 31.7 Å². The molecule has 140 valence electrons. The summed E-state index contributed by atoms with van der Waals surface area (Å²) in [6, 6.07) is 0.00569. The Morgan fingerprint density at radius 1 is 1.29 bits per heavy atom. The van der Waals surface area contributed by atoms with Crippen LogP contribution >= 0.6 is 0 Å². The number of carbonyl (C=O) groups excluding carboxylic acids is 1. The highest BCUT2D eigenvalue weighted by molar-refractivity contribution is 5.78. The van der Waals surface area contributed by atoms with Crippen LogP contribution in [0, 0.1) is 11.3 Å². The normalized spacial score (nSPS) is 26.6. The van der Waals surface area contributed by atoms with Gasteiger partial charge in [-0.2, -0.15) is 0 Å². The minimum absolute atomic E-state index is 0.00569. The third-order valence-corrected chi connectivity index (χ3v) is 5.30. The highest BCUT2D eigenvalue weighted by Gasteiger charge is 2.44. The molecule has 4 nitrogen and oxygen atoms in total. The molecule has 0 aliphatic heterocycles. The van der Waals surface area contributed by atoms with Crippen LogP contribution in [0.4, 0.5) is 0 Å². The molecule has 0 radical (unpaired) electrons. The Morgan fingerprint density at radius 2 is 2.00 bits per heavy atom. The molecule has 1 rings (SSSR count). The summed E-state index contributed by atoms with van der Waals surface area (Å²) in [7, 11) is 1.74. The summed E-state index contributed by atoms with van der Waals surface area (Å²) in [4.78, 5) is 11.9. The molecular weight excluding hydrogens is 300 g/mol. The molecule has 0 bridgehead atoms. The van der Waals surface area contributed by atoms with Crippen molar-refractivity contribution in [3.8, 4) is 0 Å². The van der Waals surface area contributed by atoms with E-state index in [1.54, 1.807) is 7.11 Å². The van der Waals surface area contributed by atoms with E-state index in [0.29, 0.717) is 5.92 Å². The average Bonchev–Trinajstić information content (AvgIpc) is 2.55. The van der Waals surface area contributed by atoms with Gasteiger partial charge in [-0.05, 0) is 37.0 Å². The molecule has 0 saturated heterocycles. The van der Waals surface area contributed by atoms with E-state index in [0.717, 1.165) is 19.3 Å². The molecule has 0 unspecified atom stereocenters. The molecule has 0 aromatic rings. The van der Waals surface area contributed by atoms with Crippen molar-refractivity contribution in [2.45, 2.75) is 84.3 Å². The number of ether oxygens (including phenoxy) is 1. The molecule has 0 heterocycles. The van der Waals surface area contributed by atoms with Gasteiger partial charge in [0.05, 0.1) is 18.7 Å². The molecule has 1 saturated carbocycles. The summed E-state index contributed by atoms with van der Waals surface area (Å²) in [5.41, 5.74) is 5.56. The number of carbonyl (C=O) groups is 1. The SMILES string of the molecule is CCCCCCC/C=C/[C@@H]1CCC(C)(C)[C@H](OC)[C@H]1NC(=O)CN. The summed E-state index contributed by atoms with van der Waals surface area (Å²) < 4.78 is 5.78. The lowest BCUT2D eigenvalue weighted by Crippen LogP contribution is -2.57. The van der Waals surface area contributed by atoms with E-state index in [1.807, 2.05) is 0 Å². The zero-order chi connectivity index (χ0) is 18.0. The maximum absolute atomic E-state index is 11.9. The summed E-state index contributed by atoms with van der Waals surface area (Å²) in [5, 5.41) is 3.10. The van der Waals surface area contributed by atoms with Crippen molar-refractivity contribution >= 4 is 5.91 Å². The largest absolute Gasteiger partial charge is 0.379 e. The first-order chi connectivity index (χ1) is 11.5. The van der Waals surface area contributed by atoms with E-state index in [1.165, 1.54) is 32.1 Å². The van der Waals surface area contributed by atoms with E-state index >= 15 is 0 Å². The predicted molar refractivity (Wildman–Crippen MR) is 101 cm³/mol. The maximum Gasteiger partial charge on any atom is 0.234 e. The van der Waals surface area contributed by atoms with Crippen molar-refractivity contribution in [1.29, 1.82) is 0 Å². The average molecular weight is 339 g/mol. The third-order valence-electron chi connectivity index (χ3n) is 5.30. The number of allylic oxidation sites excluding steroid dienone is 1. The molecular formula is C20H38N2O2. The number of methoxy groups -OCH3 is 1. The number of unbranched alkanes of at least 4 members (excludes halogenated alkanes) is 5. The maximum atomic E-state index is 11.9. The highest BCUT2D eigenvalue weighted by atomic mass is 16.5. The topological polar surface area (TPSA) is 64.3 Å². The van der Waals surface area contributed by atoms with Gasteiger partial charge in [0, 0.05) is 7.11 Å². The van der Waals surface area contributed by atoms with Crippen LogP contribution in [0.3, 0.4) is 0 Å². The van der Waals surface area contributed by atoms with Gasteiger partial charge in [-0.3, -0.25) is 4.79 Å². The molecule has 3 N–H and O–H groups in total. The second-order valence-electron chi connectivity index (χ2n) is 7.78. The molecule has 1 amide bonds. The van der Waals surface area contributed by atoms with Gasteiger partial charge < -0.3 is 15.8 Å². The van der Waals surface area contributed by atoms with Crippen molar-refractivity contribution in [3.63, 3.8) is 0 Å². The van der Waals surface area contributed by atoms with Crippen molar-refractivity contribution in [2.75, 3.05) is 13.7 Å². The molecule has 1 aliphatic carbocycles. The summed E-state index contributed by atoms with van der Waals surface area (Å²) in [6.45, 7) is 6.71. The molecule has 1 aliphatic rings. The lowest BCUT2D eigenvalue weighted by atomic mass is 9.67. The van der Waals surface area contributed by atoms with Gasteiger partial charge in [-0.15, -0.1) is 0 Å². The van der Waals surface area contributed by atoms with E-state index in [2.05, 4.69) is 38.2 Å². The van der Waals surface area contributed by atoms with Crippen molar-refractivity contribution in [2.24, 2.45) is 17.1 Å². The zero-order valence-electron chi connectivity index (χ0n) is 16.1. The first-order valence-corrected chi connectivity index (χ1v) is 9.65. The van der Waals surface area contributed by atoms with E-state index in [-0.39, 0.29) is 30.0 Å².